The first-order valence-corrected chi connectivity index (χ1v) is 13.2. The first kappa shape index (κ1) is 27.5. The zero-order valence-electron chi connectivity index (χ0n) is 20.3. The zero-order valence-corrected chi connectivity index (χ0v) is 22.6. The van der Waals surface area contributed by atoms with Crippen LogP contribution in [0.2, 0.25) is 10.0 Å². The van der Waals surface area contributed by atoms with Crippen LogP contribution in [0.25, 0.3) is 0 Å². The standard InChI is InChI=1S/C26H27Cl2N3O4S/c1-17-9-12-19(13-10-17)36(34,35)31(23-15-18(27)11-14-21(23)28)16-24(32)29-22-8-6-5-7-20(22)25(33)30-26(2,3)4/h5-15H,16H2,1-4H3,(H,29,32)(H,30,33). The summed E-state index contributed by atoms with van der Waals surface area (Å²) < 4.78 is 28.1. The maximum absolute atomic E-state index is 13.6. The number of carbonyl (C=O) groups is 2. The van der Waals surface area contributed by atoms with Crippen LogP contribution in [0.4, 0.5) is 11.4 Å². The molecule has 0 unspecified atom stereocenters. The molecule has 3 rings (SSSR count). The quantitative estimate of drug-likeness (QED) is 0.398. The second kappa shape index (κ2) is 10.9. The predicted octanol–water partition coefficient (Wildman–Crippen LogP) is 5.66. The minimum absolute atomic E-state index is 0.0121. The maximum Gasteiger partial charge on any atom is 0.264 e. The van der Waals surface area contributed by atoms with Crippen molar-refractivity contribution < 1.29 is 18.0 Å². The Hall–Kier alpha value is -3.07. The molecule has 0 spiro atoms. The first-order valence-electron chi connectivity index (χ1n) is 11.0. The number of nitrogens with one attached hydrogen (secondary N) is 2. The van der Waals surface area contributed by atoms with Crippen molar-refractivity contribution in [3.8, 4) is 0 Å². The highest BCUT2D eigenvalue weighted by atomic mass is 35.5. The van der Waals surface area contributed by atoms with E-state index >= 15 is 0 Å². The van der Waals surface area contributed by atoms with Crippen LogP contribution < -0.4 is 14.9 Å². The topological polar surface area (TPSA) is 95.6 Å². The van der Waals surface area contributed by atoms with Crippen molar-refractivity contribution in [2.24, 2.45) is 0 Å². The SMILES string of the molecule is Cc1ccc(S(=O)(=O)N(CC(=O)Nc2ccccc2C(=O)NC(C)(C)C)c2cc(Cl)ccc2Cl)cc1. The summed E-state index contributed by atoms with van der Waals surface area (Å²) in [6.45, 7) is 6.76. The fraction of sp³-hybridized carbons (Fsp3) is 0.231. The van der Waals surface area contributed by atoms with Gasteiger partial charge in [0.1, 0.15) is 6.54 Å². The minimum Gasteiger partial charge on any atom is -0.347 e. The molecule has 0 saturated heterocycles. The lowest BCUT2D eigenvalue weighted by Crippen LogP contribution is -2.41. The van der Waals surface area contributed by atoms with Crippen LogP contribution in [-0.2, 0) is 14.8 Å². The summed E-state index contributed by atoms with van der Waals surface area (Å²) in [5.41, 5.74) is 0.933. The third-order valence-corrected chi connectivity index (χ3v) is 7.34. The number of rotatable bonds is 7. The lowest BCUT2D eigenvalue weighted by molar-refractivity contribution is -0.114. The summed E-state index contributed by atoms with van der Waals surface area (Å²) in [5.74, 6) is -1.04. The van der Waals surface area contributed by atoms with Gasteiger partial charge in [0.2, 0.25) is 5.91 Å². The molecular formula is C26H27Cl2N3O4S. The molecule has 0 radical (unpaired) electrons. The molecule has 7 nitrogen and oxygen atoms in total. The van der Waals surface area contributed by atoms with Crippen molar-refractivity contribution in [3.63, 3.8) is 0 Å². The van der Waals surface area contributed by atoms with Crippen molar-refractivity contribution in [3.05, 3.63) is 87.9 Å². The van der Waals surface area contributed by atoms with Gasteiger partial charge in [-0.2, -0.15) is 0 Å². The third-order valence-electron chi connectivity index (χ3n) is 5.01. The molecule has 0 aromatic heterocycles. The predicted molar refractivity (Wildman–Crippen MR) is 144 cm³/mol. The molecule has 3 aromatic carbocycles. The van der Waals surface area contributed by atoms with Crippen molar-refractivity contribution in [2.75, 3.05) is 16.2 Å². The number of nitrogens with zero attached hydrogens (tertiary/aromatic N) is 1. The largest absolute Gasteiger partial charge is 0.347 e. The van der Waals surface area contributed by atoms with E-state index < -0.39 is 28.0 Å². The van der Waals surface area contributed by atoms with Gasteiger partial charge in [-0.05, 0) is 70.2 Å². The van der Waals surface area contributed by atoms with E-state index in [2.05, 4.69) is 10.6 Å². The highest BCUT2D eigenvalue weighted by Gasteiger charge is 2.29. The van der Waals surface area contributed by atoms with E-state index in [1.54, 1.807) is 36.4 Å². The Morgan fingerprint density at radius 2 is 1.58 bits per heavy atom. The second-order valence-electron chi connectivity index (χ2n) is 9.22. The van der Waals surface area contributed by atoms with Gasteiger partial charge in [-0.1, -0.05) is 53.0 Å². The summed E-state index contributed by atoms with van der Waals surface area (Å²) in [7, 11) is -4.20. The van der Waals surface area contributed by atoms with Crippen LogP contribution in [0.15, 0.2) is 71.6 Å². The second-order valence-corrected chi connectivity index (χ2v) is 11.9. The van der Waals surface area contributed by atoms with Gasteiger partial charge >= 0.3 is 0 Å². The Bertz CT molecular complexity index is 1390. The van der Waals surface area contributed by atoms with Crippen LogP contribution >= 0.6 is 23.2 Å². The van der Waals surface area contributed by atoms with Crippen LogP contribution in [0.3, 0.4) is 0 Å². The Morgan fingerprint density at radius 1 is 0.944 bits per heavy atom. The summed E-state index contributed by atoms with van der Waals surface area (Å²) in [6, 6.07) is 17.1. The molecule has 2 amide bonds. The van der Waals surface area contributed by atoms with Gasteiger partial charge in [-0.15, -0.1) is 0 Å². The normalized spacial score (nSPS) is 11.6. The Labute approximate surface area is 221 Å². The van der Waals surface area contributed by atoms with Gasteiger partial charge in [0, 0.05) is 10.6 Å². The molecule has 0 fully saturated rings. The lowest BCUT2D eigenvalue weighted by atomic mass is 10.1. The van der Waals surface area contributed by atoms with E-state index in [0.717, 1.165) is 9.87 Å². The fourth-order valence-corrected chi connectivity index (χ4v) is 5.20. The van der Waals surface area contributed by atoms with E-state index in [0.29, 0.717) is 0 Å². The van der Waals surface area contributed by atoms with Gasteiger partial charge in [0.15, 0.2) is 0 Å². The number of carbonyl (C=O) groups excluding carboxylic acids is 2. The Morgan fingerprint density at radius 3 is 2.22 bits per heavy atom. The van der Waals surface area contributed by atoms with Gasteiger partial charge < -0.3 is 10.6 Å². The number of amides is 2. The molecule has 3 aromatic rings. The number of hydrogen-bond donors (Lipinski definition) is 2. The molecule has 190 valence electrons. The van der Waals surface area contributed by atoms with E-state index in [9.17, 15) is 18.0 Å². The molecule has 0 heterocycles. The highest BCUT2D eigenvalue weighted by molar-refractivity contribution is 7.92. The maximum atomic E-state index is 13.6. The van der Waals surface area contributed by atoms with Crippen LogP contribution in [0.1, 0.15) is 36.7 Å². The molecule has 0 aliphatic rings. The Balaban J connectivity index is 1.97. The van der Waals surface area contributed by atoms with Crippen molar-refractivity contribution in [1.82, 2.24) is 5.32 Å². The first-order chi connectivity index (χ1) is 16.8. The smallest absolute Gasteiger partial charge is 0.264 e. The summed E-state index contributed by atoms with van der Waals surface area (Å²) >= 11 is 12.5. The monoisotopic (exact) mass is 547 g/mol. The number of sulfonamides is 1. The highest BCUT2D eigenvalue weighted by Crippen LogP contribution is 2.33. The number of anilines is 2. The molecule has 0 aliphatic carbocycles. The number of hydrogen-bond acceptors (Lipinski definition) is 4. The van der Waals surface area contributed by atoms with Crippen molar-refractivity contribution in [2.45, 2.75) is 38.1 Å². The van der Waals surface area contributed by atoms with Crippen molar-refractivity contribution in [1.29, 1.82) is 0 Å². The number of benzene rings is 3. The summed E-state index contributed by atoms with van der Waals surface area (Å²) in [6.07, 6.45) is 0. The van der Waals surface area contributed by atoms with Crippen molar-refractivity contribution >= 4 is 56.4 Å². The van der Waals surface area contributed by atoms with Crippen LogP contribution in [0, 0.1) is 6.92 Å². The molecule has 36 heavy (non-hydrogen) atoms. The van der Waals surface area contributed by atoms with E-state index in [1.165, 1.54) is 30.3 Å². The Kier molecular flexibility index (Phi) is 8.33. The van der Waals surface area contributed by atoms with E-state index in [-0.39, 0.29) is 37.8 Å². The van der Waals surface area contributed by atoms with Gasteiger partial charge in [-0.3, -0.25) is 13.9 Å². The lowest BCUT2D eigenvalue weighted by Gasteiger charge is -2.25. The van der Waals surface area contributed by atoms with Gasteiger partial charge in [0.25, 0.3) is 15.9 Å². The third kappa shape index (κ3) is 6.78. The number of halogens is 2. The summed E-state index contributed by atoms with van der Waals surface area (Å²) in [5, 5.41) is 5.87. The molecule has 0 bridgehead atoms. The average molecular weight is 548 g/mol. The molecular weight excluding hydrogens is 521 g/mol. The molecule has 2 N–H and O–H groups in total. The van der Waals surface area contributed by atoms with Crippen LogP contribution in [-0.4, -0.2) is 32.3 Å². The van der Waals surface area contributed by atoms with Gasteiger partial charge in [-0.25, -0.2) is 8.42 Å². The van der Waals surface area contributed by atoms with E-state index in [4.69, 9.17) is 23.2 Å². The van der Waals surface area contributed by atoms with Crippen LogP contribution in [0.5, 0.6) is 0 Å². The molecule has 0 aliphatic heterocycles. The average Bonchev–Trinajstić information content (AvgIpc) is 2.78. The van der Waals surface area contributed by atoms with Gasteiger partial charge in [0.05, 0.1) is 26.9 Å². The van der Waals surface area contributed by atoms with E-state index in [1.807, 2.05) is 27.7 Å². The minimum atomic E-state index is -4.20. The fourth-order valence-electron chi connectivity index (χ4n) is 3.33. The molecule has 10 heteroatoms. The molecule has 0 saturated carbocycles. The number of aryl methyl sites for hydroxylation is 1. The summed E-state index contributed by atoms with van der Waals surface area (Å²) in [4.78, 5) is 25.9. The number of para-hydroxylation sites is 1. The molecule has 0 atom stereocenters. The zero-order chi connectivity index (χ0) is 26.7.